The zero-order chi connectivity index (χ0) is 22.5. The van der Waals surface area contributed by atoms with Crippen LogP contribution in [0, 0.1) is 0 Å². The first kappa shape index (κ1) is 27.8. The molecule has 0 atom stereocenters. The highest BCUT2D eigenvalue weighted by molar-refractivity contribution is 14.0. The Morgan fingerprint density at radius 2 is 1.75 bits per heavy atom. The van der Waals surface area contributed by atoms with Crippen LogP contribution in [0.4, 0.5) is 0 Å². The maximum atomic E-state index is 12.1. The molecule has 32 heavy (non-hydrogen) atoms. The first-order chi connectivity index (χ1) is 15.1. The summed E-state index contributed by atoms with van der Waals surface area (Å²) in [6, 6.07) is 13.0. The number of aliphatic imine (C=N–C) groups is 1. The van der Waals surface area contributed by atoms with Crippen molar-refractivity contribution in [2.45, 2.75) is 19.8 Å². The molecule has 176 valence electrons. The number of hydrogen-bond acceptors (Lipinski definition) is 4. The Labute approximate surface area is 212 Å². The molecule has 0 bridgehead atoms. The highest BCUT2D eigenvalue weighted by Gasteiger charge is 2.08. The number of hydrogen-bond donors (Lipinski definition) is 3. The van der Waals surface area contributed by atoms with Crippen LogP contribution in [0.2, 0.25) is 5.02 Å². The van der Waals surface area contributed by atoms with Gasteiger partial charge in [-0.15, -0.1) is 24.0 Å². The summed E-state index contributed by atoms with van der Waals surface area (Å²) in [7, 11) is 3.36. The predicted octanol–water partition coefficient (Wildman–Crippen LogP) is 3.89. The third kappa shape index (κ3) is 9.12. The molecule has 0 heterocycles. The number of rotatable bonds is 11. The Kier molecular flexibility index (Phi) is 13.5. The van der Waals surface area contributed by atoms with Gasteiger partial charge in [0, 0.05) is 26.7 Å². The van der Waals surface area contributed by atoms with Crippen molar-refractivity contribution in [2.75, 3.05) is 40.4 Å². The average molecular weight is 575 g/mol. The largest absolute Gasteiger partial charge is 0.493 e. The summed E-state index contributed by atoms with van der Waals surface area (Å²) in [4.78, 5) is 16.4. The van der Waals surface area contributed by atoms with Crippen LogP contribution >= 0.6 is 35.6 Å². The molecule has 0 saturated heterocycles. The zero-order valence-corrected chi connectivity index (χ0v) is 21.8. The van der Waals surface area contributed by atoms with Crippen molar-refractivity contribution in [1.82, 2.24) is 16.0 Å². The number of benzene rings is 2. The fourth-order valence-corrected chi connectivity index (χ4v) is 3.18. The van der Waals surface area contributed by atoms with Crippen LogP contribution in [0.25, 0.3) is 0 Å². The lowest BCUT2D eigenvalue weighted by Gasteiger charge is -2.13. The summed E-state index contributed by atoms with van der Waals surface area (Å²) in [6.45, 7) is 4.32. The van der Waals surface area contributed by atoms with Gasteiger partial charge in [-0.25, -0.2) is 0 Å². The molecule has 9 heteroatoms. The van der Waals surface area contributed by atoms with Gasteiger partial charge in [0.05, 0.1) is 24.3 Å². The Hall–Kier alpha value is -2.20. The van der Waals surface area contributed by atoms with E-state index in [1.807, 2.05) is 19.1 Å². The second-order valence-corrected chi connectivity index (χ2v) is 7.09. The lowest BCUT2D eigenvalue weighted by atomic mass is 10.1. The van der Waals surface area contributed by atoms with E-state index in [1.165, 1.54) is 5.56 Å². The number of ether oxygens (including phenoxy) is 2. The molecule has 0 aromatic heterocycles. The summed E-state index contributed by atoms with van der Waals surface area (Å²) >= 11 is 6.04. The van der Waals surface area contributed by atoms with Gasteiger partial charge >= 0.3 is 0 Å². The number of carbonyl (C=O) groups is 1. The van der Waals surface area contributed by atoms with Crippen LogP contribution in [0.3, 0.4) is 0 Å². The summed E-state index contributed by atoms with van der Waals surface area (Å²) in [6.07, 6.45) is 1.84. The molecule has 2 aromatic rings. The van der Waals surface area contributed by atoms with Crippen molar-refractivity contribution in [3.05, 3.63) is 58.6 Å². The molecule has 2 aromatic carbocycles. The van der Waals surface area contributed by atoms with E-state index < -0.39 is 0 Å². The fourth-order valence-electron chi connectivity index (χ4n) is 2.96. The highest BCUT2D eigenvalue weighted by atomic mass is 127. The Balaban J connectivity index is 0.00000512. The van der Waals surface area contributed by atoms with E-state index in [9.17, 15) is 4.79 Å². The third-order valence-electron chi connectivity index (χ3n) is 4.51. The molecular weight excluding hydrogens is 543 g/mol. The monoisotopic (exact) mass is 574 g/mol. The molecule has 0 fully saturated rings. The van der Waals surface area contributed by atoms with E-state index in [2.05, 4.69) is 27.0 Å². The first-order valence-corrected chi connectivity index (χ1v) is 10.7. The molecule has 0 aliphatic rings. The Morgan fingerprint density at radius 1 is 1.03 bits per heavy atom. The number of nitrogens with one attached hydrogen (secondary N) is 3. The normalized spacial score (nSPS) is 10.7. The Morgan fingerprint density at radius 3 is 2.44 bits per heavy atom. The molecule has 3 N–H and O–H groups in total. The molecule has 2 rings (SSSR count). The Bertz CT molecular complexity index is 880. The van der Waals surface area contributed by atoms with Crippen LogP contribution in [-0.4, -0.2) is 52.3 Å². The van der Waals surface area contributed by atoms with Gasteiger partial charge in [0.25, 0.3) is 5.91 Å². The predicted molar refractivity (Wildman–Crippen MR) is 141 cm³/mol. The average Bonchev–Trinajstić information content (AvgIpc) is 2.78. The van der Waals surface area contributed by atoms with Gasteiger partial charge in [0.1, 0.15) is 0 Å². The van der Waals surface area contributed by atoms with Gasteiger partial charge < -0.3 is 25.4 Å². The maximum Gasteiger partial charge on any atom is 0.252 e. The molecule has 0 radical (unpaired) electrons. The van der Waals surface area contributed by atoms with Crippen molar-refractivity contribution >= 4 is 47.4 Å². The van der Waals surface area contributed by atoms with Crippen molar-refractivity contribution in [3.63, 3.8) is 0 Å². The van der Waals surface area contributed by atoms with Crippen LogP contribution in [0.15, 0.2) is 47.5 Å². The van der Waals surface area contributed by atoms with Gasteiger partial charge in [-0.05, 0) is 49.6 Å². The van der Waals surface area contributed by atoms with E-state index in [0.717, 1.165) is 30.9 Å². The summed E-state index contributed by atoms with van der Waals surface area (Å²) in [5.74, 6) is 2.01. The van der Waals surface area contributed by atoms with Gasteiger partial charge in [0.2, 0.25) is 0 Å². The fraction of sp³-hybridized carbons (Fsp3) is 0.391. The number of nitrogens with zero attached hydrogens (tertiary/aromatic N) is 1. The van der Waals surface area contributed by atoms with E-state index in [1.54, 1.807) is 38.4 Å². The molecule has 0 spiro atoms. The third-order valence-corrected chi connectivity index (χ3v) is 4.84. The van der Waals surface area contributed by atoms with Crippen LogP contribution in [0.5, 0.6) is 11.5 Å². The van der Waals surface area contributed by atoms with Crippen molar-refractivity contribution in [1.29, 1.82) is 0 Å². The van der Waals surface area contributed by atoms with Crippen LogP contribution in [-0.2, 0) is 6.42 Å². The molecule has 0 saturated carbocycles. The molecule has 0 unspecified atom stereocenters. The zero-order valence-electron chi connectivity index (χ0n) is 18.7. The van der Waals surface area contributed by atoms with E-state index in [0.29, 0.717) is 36.2 Å². The number of carbonyl (C=O) groups excluding carboxylic acids is 1. The molecular formula is C23H32ClIN4O3. The molecule has 0 aliphatic heterocycles. The number of guanidine groups is 1. The molecule has 7 nitrogen and oxygen atoms in total. The van der Waals surface area contributed by atoms with Gasteiger partial charge in [-0.3, -0.25) is 9.79 Å². The van der Waals surface area contributed by atoms with Crippen molar-refractivity contribution < 1.29 is 14.3 Å². The number of methoxy groups -OCH3 is 1. The second-order valence-electron chi connectivity index (χ2n) is 6.68. The first-order valence-electron chi connectivity index (χ1n) is 10.4. The van der Waals surface area contributed by atoms with Gasteiger partial charge in [-0.1, -0.05) is 29.8 Å². The van der Waals surface area contributed by atoms with E-state index in [-0.39, 0.29) is 29.9 Å². The summed E-state index contributed by atoms with van der Waals surface area (Å²) in [5, 5.41) is 9.75. The molecule has 0 aliphatic carbocycles. The smallest absolute Gasteiger partial charge is 0.252 e. The number of aryl methyl sites for hydroxylation is 1. The van der Waals surface area contributed by atoms with Crippen LogP contribution in [0.1, 0.15) is 29.3 Å². The lowest BCUT2D eigenvalue weighted by Crippen LogP contribution is -2.41. The second kappa shape index (κ2) is 15.6. The van der Waals surface area contributed by atoms with Gasteiger partial charge in [0.15, 0.2) is 17.5 Å². The van der Waals surface area contributed by atoms with E-state index >= 15 is 0 Å². The maximum absolute atomic E-state index is 12.1. The minimum absolute atomic E-state index is 0. The van der Waals surface area contributed by atoms with Crippen LogP contribution < -0.4 is 25.4 Å². The SMILES string of the molecule is CCOc1cc(CCCNC(=NC)NCCNC(=O)c2ccccc2Cl)ccc1OC.I. The van der Waals surface area contributed by atoms with E-state index in [4.69, 9.17) is 21.1 Å². The number of halogens is 2. The summed E-state index contributed by atoms with van der Waals surface area (Å²) in [5.41, 5.74) is 1.66. The topological polar surface area (TPSA) is 84.0 Å². The van der Waals surface area contributed by atoms with Crippen molar-refractivity contribution in [2.24, 2.45) is 4.99 Å². The molecule has 1 amide bonds. The van der Waals surface area contributed by atoms with Gasteiger partial charge in [-0.2, -0.15) is 0 Å². The highest BCUT2D eigenvalue weighted by Crippen LogP contribution is 2.28. The minimum atomic E-state index is -0.193. The minimum Gasteiger partial charge on any atom is -0.493 e. The number of amides is 1. The standard InChI is InChI=1S/C23H31ClN4O3.HI/c1-4-31-21-16-17(11-12-20(21)30-3)8-7-13-27-23(25-2)28-15-14-26-22(29)18-9-5-6-10-19(18)24;/h5-6,9-12,16H,4,7-8,13-15H2,1-3H3,(H,26,29)(H2,25,27,28);1H. The lowest BCUT2D eigenvalue weighted by molar-refractivity contribution is 0.0954. The van der Waals surface area contributed by atoms with Crippen molar-refractivity contribution in [3.8, 4) is 11.5 Å². The quantitative estimate of drug-likeness (QED) is 0.164. The summed E-state index contributed by atoms with van der Waals surface area (Å²) < 4.78 is 11.0.